The van der Waals surface area contributed by atoms with E-state index < -0.39 is 6.04 Å². The van der Waals surface area contributed by atoms with Crippen molar-refractivity contribution in [1.82, 2.24) is 9.80 Å². The van der Waals surface area contributed by atoms with Crippen LogP contribution >= 0.6 is 0 Å². The molecule has 1 N–H and O–H groups in total. The molecule has 0 spiro atoms. The van der Waals surface area contributed by atoms with Crippen molar-refractivity contribution in [2.75, 3.05) is 25.0 Å². The van der Waals surface area contributed by atoms with Crippen molar-refractivity contribution in [3.63, 3.8) is 0 Å². The largest absolute Gasteiger partial charge is 0.334 e. The minimum absolute atomic E-state index is 0.107. The Labute approximate surface area is 190 Å². The maximum Gasteiger partial charge on any atom is 0.256 e. The van der Waals surface area contributed by atoms with Crippen molar-refractivity contribution in [3.8, 4) is 17.2 Å². The first-order chi connectivity index (χ1) is 16.0. The molecule has 0 radical (unpaired) electrons. The summed E-state index contributed by atoms with van der Waals surface area (Å²) in [4.78, 5) is 42.6. The van der Waals surface area contributed by atoms with Gasteiger partial charge in [-0.25, -0.2) is 0 Å². The number of carbonyl (C=O) groups is 3. The maximum atomic E-state index is 13.4. The van der Waals surface area contributed by atoms with E-state index in [-0.39, 0.29) is 30.8 Å². The molecule has 5 rings (SSSR count). The van der Waals surface area contributed by atoms with E-state index in [1.807, 2.05) is 48.5 Å². The number of rotatable bonds is 2. The monoisotopic (exact) mass is 436 g/mol. The van der Waals surface area contributed by atoms with E-state index in [0.717, 1.165) is 11.1 Å². The molecule has 0 bridgehead atoms. The maximum absolute atomic E-state index is 13.4. The van der Waals surface area contributed by atoms with Crippen LogP contribution in [0.1, 0.15) is 26.3 Å². The van der Waals surface area contributed by atoms with Crippen molar-refractivity contribution in [3.05, 3.63) is 89.5 Å². The fourth-order valence-corrected chi connectivity index (χ4v) is 4.32. The van der Waals surface area contributed by atoms with E-state index >= 15 is 0 Å². The van der Waals surface area contributed by atoms with Crippen LogP contribution in [0.15, 0.2) is 72.8 Å². The summed E-state index contributed by atoms with van der Waals surface area (Å²) in [5, 5.41) is 11.8. The Morgan fingerprint density at radius 1 is 0.939 bits per heavy atom. The third kappa shape index (κ3) is 3.72. The van der Waals surface area contributed by atoms with Gasteiger partial charge in [0.1, 0.15) is 6.04 Å². The number of anilines is 1. The summed E-state index contributed by atoms with van der Waals surface area (Å²) in [6, 6.07) is 22.8. The Morgan fingerprint density at radius 2 is 1.70 bits per heavy atom. The van der Waals surface area contributed by atoms with Crippen LogP contribution in [-0.4, -0.2) is 53.2 Å². The molecule has 0 aliphatic carbocycles. The number of fused-ring (bicyclic) bond motifs is 2. The van der Waals surface area contributed by atoms with Gasteiger partial charge in [-0.3, -0.25) is 14.4 Å². The topological polar surface area (TPSA) is 93.5 Å². The smallest absolute Gasteiger partial charge is 0.256 e. The third-order valence-corrected chi connectivity index (χ3v) is 6.11. The lowest BCUT2D eigenvalue weighted by Crippen LogP contribution is -2.59. The summed E-state index contributed by atoms with van der Waals surface area (Å²) < 4.78 is 0. The number of hydrogen-bond acceptors (Lipinski definition) is 4. The highest BCUT2D eigenvalue weighted by atomic mass is 16.2. The van der Waals surface area contributed by atoms with Crippen LogP contribution in [0.2, 0.25) is 0 Å². The van der Waals surface area contributed by atoms with Crippen LogP contribution in [0.4, 0.5) is 5.69 Å². The number of carbonyl (C=O) groups excluding carboxylic acids is 3. The molecule has 2 aliphatic heterocycles. The first-order valence-corrected chi connectivity index (χ1v) is 10.7. The second-order valence-electron chi connectivity index (χ2n) is 8.07. The lowest BCUT2D eigenvalue weighted by Gasteiger charge is -2.39. The highest BCUT2D eigenvalue weighted by Crippen LogP contribution is 2.30. The molecule has 3 aromatic carbocycles. The Kier molecular flexibility index (Phi) is 5.11. The number of nitriles is 1. The van der Waals surface area contributed by atoms with Gasteiger partial charge in [-0.15, -0.1) is 0 Å². The van der Waals surface area contributed by atoms with Crippen LogP contribution in [-0.2, 0) is 4.79 Å². The van der Waals surface area contributed by atoms with Crippen LogP contribution in [0, 0.1) is 11.3 Å². The molecule has 3 amide bonds. The van der Waals surface area contributed by atoms with Crippen LogP contribution in [0.3, 0.4) is 0 Å². The number of amides is 3. The third-order valence-electron chi connectivity index (χ3n) is 6.11. The molecule has 1 fully saturated rings. The Morgan fingerprint density at radius 3 is 2.42 bits per heavy atom. The molecule has 1 saturated heterocycles. The van der Waals surface area contributed by atoms with Crippen LogP contribution in [0.25, 0.3) is 11.1 Å². The minimum atomic E-state index is -0.777. The SMILES string of the molecule is N#Cc1ccc(C(=O)N2CCN3C(=O)c4cc(-c5ccccc5)ccc4NC(=O)[C@@H]3C2)cc1. The number of piperazine rings is 1. The Hall–Kier alpha value is -4.44. The zero-order valence-corrected chi connectivity index (χ0v) is 17.7. The summed E-state index contributed by atoms with van der Waals surface area (Å²) in [6.07, 6.45) is 0. The van der Waals surface area contributed by atoms with Gasteiger partial charge < -0.3 is 15.1 Å². The standard InChI is InChI=1S/C26H20N4O3/c27-15-17-6-8-19(9-7-17)25(32)29-12-13-30-23(16-29)24(31)28-22-11-10-20(14-21(22)26(30)33)18-4-2-1-3-5-18/h1-11,14,23H,12-13,16H2,(H,28,31)/t23-/m0/s1. The lowest BCUT2D eigenvalue weighted by molar-refractivity contribution is -0.121. The first-order valence-electron chi connectivity index (χ1n) is 10.7. The van der Waals surface area contributed by atoms with Gasteiger partial charge in [-0.1, -0.05) is 36.4 Å². The molecule has 33 heavy (non-hydrogen) atoms. The molecule has 0 aromatic heterocycles. The average molecular weight is 436 g/mol. The minimum Gasteiger partial charge on any atom is -0.334 e. The molecule has 0 unspecified atom stereocenters. The lowest BCUT2D eigenvalue weighted by atomic mass is 10.0. The Bertz CT molecular complexity index is 1300. The van der Waals surface area contributed by atoms with Gasteiger partial charge >= 0.3 is 0 Å². The molecule has 7 nitrogen and oxygen atoms in total. The number of hydrogen-bond donors (Lipinski definition) is 1. The van der Waals surface area contributed by atoms with Gasteiger partial charge in [0, 0.05) is 18.7 Å². The summed E-state index contributed by atoms with van der Waals surface area (Å²) in [5.41, 5.74) is 3.71. The predicted molar refractivity (Wildman–Crippen MR) is 122 cm³/mol. The normalized spacial score (nSPS) is 17.4. The molecule has 1 atom stereocenters. The zero-order valence-electron chi connectivity index (χ0n) is 17.7. The second kappa shape index (κ2) is 8.24. The van der Waals surface area contributed by atoms with Crippen molar-refractivity contribution in [1.29, 1.82) is 5.26 Å². The summed E-state index contributed by atoms with van der Waals surface area (Å²) >= 11 is 0. The van der Waals surface area contributed by atoms with Gasteiger partial charge in [0.25, 0.3) is 11.8 Å². The average Bonchev–Trinajstić information content (AvgIpc) is 2.98. The Balaban J connectivity index is 1.41. The van der Waals surface area contributed by atoms with E-state index in [4.69, 9.17) is 5.26 Å². The van der Waals surface area contributed by atoms with Gasteiger partial charge in [0.15, 0.2) is 0 Å². The molecule has 0 saturated carbocycles. The zero-order chi connectivity index (χ0) is 22.9. The molecule has 2 aliphatic rings. The first kappa shape index (κ1) is 20.5. The molecule has 162 valence electrons. The number of benzene rings is 3. The van der Waals surface area contributed by atoms with E-state index in [1.54, 1.807) is 40.1 Å². The van der Waals surface area contributed by atoms with Crippen molar-refractivity contribution in [2.45, 2.75) is 6.04 Å². The van der Waals surface area contributed by atoms with E-state index in [0.29, 0.717) is 28.9 Å². The summed E-state index contributed by atoms with van der Waals surface area (Å²) in [5.74, 6) is -0.768. The molecule has 2 heterocycles. The van der Waals surface area contributed by atoms with E-state index in [1.165, 1.54) is 0 Å². The highest BCUT2D eigenvalue weighted by molar-refractivity contribution is 6.11. The highest BCUT2D eigenvalue weighted by Gasteiger charge is 2.40. The summed E-state index contributed by atoms with van der Waals surface area (Å²) in [7, 11) is 0. The predicted octanol–water partition coefficient (Wildman–Crippen LogP) is 3.14. The van der Waals surface area contributed by atoms with Crippen molar-refractivity contribution >= 4 is 23.4 Å². The van der Waals surface area contributed by atoms with E-state index in [2.05, 4.69) is 5.32 Å². The van der Waals surface area contributed by atoms with Gasteiger partial charge in [-0.2, -0.15) is 5.26 Å². The van der Waals surface area contributed by atoms with Gasteiger partial charge in [0.05, 0.1) is 29.4 Å². The quantitative estimate of drug-likeness (QED) is 0.668. The van der Waals surface area contributed by atoms with Crippen LogP contribution < -0.4 is 5.32 Å². The molecule has 3 aromatic rings. The van der Waals surface area contributed by atoms with Crippen molar-refractivity contribution in [2.24, 2.45) is 0 Å². The second-order valence-corrected chi connectivity index (χ2v) is 8.07. The van der Waals surface area contributed by atoms with Crippen LogP contribution in [0.5, 0.6) is 0 Å². The van der Waals surface area contributed by atoms with Gasteiger partial charge in [-0.05, 0) is 47.5 Å². The van der Waals surface area contributed by atoms with E-state index in [9.17, 15) is 14.4 Å². The summed E-state index contributed by atoms with van der Waals surface area (Å²) in [6.45, 7) is 0.686. The number of nitrogens with zero attached hydrogens (tertiary/aromatic N) is 3. The van der Waals surface area contributed by atoms with Gasteiger partial charge in [0.2, 0.25) is 5.91 Å². The number of nitrogens with one attached hydrogen (secondary N) is 1. The molecular formula is C26H20N4O3. The molecular weight excluding hydrogens is 416 g/mol. The molecule has 7 heteroatoms. The fraction of sp³-hybridized carbons (Fsp3) is 0.154. The fourth-order valence-electron chi connectivity index (χ4n) is 4.32. The van der Waals surface area contributed by atoms with Crippen molar-refractivity contribution < 1.29 is 14.4 Å².